The van der Waals surface area contributed by atoms with Gasteiger partial charge in [0.25, 0.3) is 5.91 Å². The Morgan fingerprint density at radius 3 is 2.54 bits per heavy atom. The fourth-order valence-electron chi connectivity index (χ4n) is 2.94. The number of aromatic hydroxyl groups is 1. The molecule has 3 aromatic rings. The number of benzene rings is 2. The van der Waals surface area contributed by atoms with Crippen molar-refractivity contribution in [2.75, 3.05) is 13.1 Å². The van der Waals surface area contributed by atoms with Gasteiger partial charge in [-0.3, -0.25) is 14.3 Å². The van der Waals surface area contributed by atoms with Crippen LogP contribution in [-0.2, 0) is 6.67 Å². The summed E-state index contributed by atoms with van der Waals surface area (Å²) in [7, 11) is 0. The monoisotopic (exact) mass is 506 g/mol. The quantitative estimate of drug-likeness (QED) is 0.410. The molecule has 1 aromatic heterocycles. The first kappa shape index (κ1) is 20.7. The molecule has 0 saturated heterocycles. The molecule has 0 radical (unpaired) electrons. The number of carbonyl (C=O) groups is 1. The molecule has 0 spiro atoms. The van der Waals surface area contributed by atoms with Crippen molar-refractivity contribution in [3.63, 3.8) is 0 Å². The van der Waals surface area contributed by atoms with Gasteiger partial charge in [0, 0.05) is 14.3 Å². The standard InChI is InChI=1S/C20H20Br2N4O2/c1-3-25(4-2)12-26-17-10-9-13(21)11-15(17)18(20(26)28)23-24-19(27)14-7-5-6-8-16(14)22/h5-11,28H,3-4,12H2,1-2H3. The summed E-state index contributed by atoms with van der Waals surface area (Å²) in [5.74, 6) is -0.491. The summed E-state index contributed by atoms with van der Waals surface area (Å²) >= 11 is 6.80. The number of aromatic nitrogens is 1. The Kier molecular flexibility index (Phi) is 6.64. The Labute approximate surface area is 180 Å². The van der Waals surface area contributed by atoms with Gasteiger partial charge in [0.2, 0.25) is 5.88 Å². The topological polar surface area (TPSA) is 70.2 Å². The number of hydrogen-bond acceptors (Lipinski definition) is 4. The predicted octanol–water partition coefficient (Wildman–Crippen LogP) is 6.10. The number of amides is 1. The molecular formula is C20H20Br2N4O2. The van der Waals surface area contributed by atoms with E-state index in [-0.39, 0.29) is 11.6 Å². The lowest BCUT2D eigenvalue weighted by Gasteiger charge is -2.20. The van der Waals surface area contributed by atoms with Crippen molar-refractivity contribution >= 4 is 54.4 Å². The van der Waals surface area contributed by atoms with Gasteiger partial charge >= 0.3 is 0 Å². The molecule has 6 nitrogen and oxygen atoms in total. The minimum absolute atomic E-state index is 0.0105. The largest absolute Gasteiger partial charge is 0.493 e. The van der Waals surface area contributed by atoms with Gasteiger partial charge in [0.05, 0.1) is 17.7 Å². The van der Waals surface area contributed by atoms with Crippen LogP contribution in [0.2, 0.25) is 0 Å². The molecule has 0 aliphatic rings. The van der Waals surface area contributed by atoms with E-state index in [1.54, 1.807) is 22.8 Å². The van der Waals surface area contributed by atoms with Gasteiger partial charge in [-0.2, -0.15) is 0 Å². The summed E-state index contributed by atoms with van der Waals surface area (Å²) in [6.07, 6.45) is 0. The van der Waals surface area contributed by atoms with E-state index in [4.69, 9.17) is 0 Å². The third-order valence-electron chi connectivity index (χ3n) is 4.55. The maximum absolute atomic E-state index is 12.4. The van der Waals surface area contributed by atoms with Gasteiger partial charge in [-0.05, 0) is 59.4 Å². The molecule has 0 atom stereocenters. The molecule has 0 aliphatic heterocycles. The van der Waals surface area contributed by atoms with Crippen LogP contribution in [-0.4, -0.2) is 33.6 Å². The van der Waals surface area contributed by atoms with Gasteiger partial charge in [-0.25, -0.2) is 0 Å². The van der Waals surface area contributed by atoms with Crippen LogP contribution in [0.1, 0.15) is 24.2 Å². The van der Waals surface area contributed by atoms with E-state index in [0.29, 0.717) is 16.7 Å². The predicted molar refractivity (Wildman–Crippen MR) is 117 cm³/mol. The van der Waals surface area contributed by atoms with Crippen molar-refractivity contribution in [2.24, 2.45) is 10.2 Å². The van der Waals surface area contributed by atoms with Gasteiger partial charge in [-0.1, -0.05) is 41.9 Å². The Morgan fingerprint density at radius 1 is 1.14 bits per heavy atom. The van der Waals surface area contributed by atoms with Crippen molar-refractivity contribution in [1.29, 1.82) is 0 Å². The van der Waals surface area contributed by atoms with Crippen molar-refractivity contribution in [1.82, 2.24) is 9.47 Å². The van der Waals surface area contributed by atoms with E-state index in [9.17, 15) is 9.90 Å². The average Bonchev–Trinajstić information content (AvgIpc) is 2.94. The Bertz CT molecular complexity index is 1040. The van der Waals surface area contributed by atoms with E-state index in [0.717, 1.165) is 28.5 Å². The first-order valence-corrected chi connectivity index (χ1v) is 10.5. The number of nitrogens with zero attached hydrogens (tertiary/aromatic N) is 4. The molecule has 2 aromatic carbocycles. The van der Waals surface area contributed by atoms with E-state index >= 15 is 0 Å². The fraction of sp³-hybridized carbons (Fsp3) is 0.250. The summed E-state index contributed by atoms with van der Waals surface area (Å²) in [6, 6.07) is 12.7. The number of rotatable bonds is 6. The number of hydrogen-bond donors (Lipinski definition) is 1. The first-order valence-electron chi connectivity index (χ1n) is 8.89. The third kappa shape index (κ3) is 4.19. The second-order valence-corrected chi connectivity index (χ2v) is 7.96. The van der Waals surface area contributed by atoms with Crippen LogP contribution >= 0.6 is 31.9 Å². The molecule has 28 heavy (non-hydrogen) atoms. The molecule has 0 saturated carbocycles. The Hall–Kier alpha value is -2.03. The lowest BCUT2D eigenvalue weighted by molar-refractivity contribution is 0.0994. The zero-order valence-corrected chi connectivity index (χ0v) is 18.7. The van der Waals surface area contributed by atoms with E-state index < -0.39 is 5.91 Å². The summed E-state index contributed by atoms with van der Waals surface area (Å²) in [5, 5.41) is 19.5. The van der Waals surface area contributed by atoms with Gasteiger partial charge in [0.1, 0.15) is 0 Å². The highest BCUT2D eigenvalue weighted by Gasteiger charge is 2.19. The molecule has 0 bridgehead atoms. The highest BCUT2D eigenvalue weighted by Crippen LogP contribution is 2.40. The SMILES string of the molecule is CCN(CC)Cn1c(O)c(N=NC(=O)c2ccccc2Br)c2cc(Br)ccc21. The summed E-state index contributed by atoms with van der Waals surface area (Å²) < 4.78 is 3.29. The van der Waals surface area contributed by atoms with Gasteiger partial charge in [-0.15, -0.1) is 10.2 Å². The third-order valence-corrected chi connectivity index (χ3v) is 5.74. The summed E-state index contributed by atoms with van der Waals surface area (Å²) in [4.78, 5) is 14.6. The lowest BCUT2D eigenvalue weighted by atomic mass is 10.2. The van der Waals surface area contributed by atoms with Crippen LogP contribution in [0.25, 0.3) is 10.9 Å². The normalized spacial score (nSPS) is 11.8. The Morgan fingerprint density at radius 2 is 1.86 bits per heavy atom. The molecule has 146 valence electrons. The first-order chi connectivity index (χ1) is 13.5. The lowest BCUT2D eigenvalue weighted by Crippen LogP contribution is -2.25. The minimum atomic E-state index is -0.480. The molecule has 0 fully saturated rings. The van der Waals surface area contributed by atoms with Crippen molar-refractivity contribution in [3.8, 4) is 5.88 Å². The maximum atomic E-state index is 12.4. The number of fused-ring (bicyclic) bond motifs is 1. The number of halogens is 2. The second kappa shape index (κ2) is 8.98. The number of azo groups is 1. The highest BCUT2D eigenvalue weighted by molar-refractivity contribution is 9.10. The van der Waals surface area contributed by atoms with E-state index in [1.165, 1.54) is 0 Å². The molecule has 1 N–H and O–H groups in total. The minimum Gasteiger partial charge on any atom is -0.493 e. The van der Waals surface area contributed by atoms with Crippen molar-refractivity contribution < 1.29 is 9.90 Å². The van der Waals surface area contributed by atoms with Crippen molar-refractivity contribution in [3.05, 3.63) is 57.0 Å². The van der Waals surface area contributed by atoms with Crippen LogP contribution in [0.3, 0.4) is 0 Å². The van der Waals surface area contributed by atoms with Crippen LogP contribution in [0.15, 0.2) is 61.6 Å². The van der Waals surface area contributed by atoms with Gasteiger partial charge in [0.15, 0.2) is 5.69 Å². The van der Waals surface area contributed by atoms with E-state index in [1.807, 2.05) is 24.3 Å². The Balaban J connectivity index is 2.05. The van der Waals surface area contributed by atoms with Crippen molar-refractivity contribution in [2.45, 2.75) is 20.5 Å². The average molecular weight is 508 g/mol. The van der Waals surface area contributed by atoms with Crippen LogP contribution < -0.4 is 0 Å². The molecule has 0 unspecified atom stereocenters. The molecular weight excluding hydrogens is 488 g/mol. The van der Waals surface area contributed by atoms with Gasteiger partial charge < -0.3 is 5.11 Å². The smallest absolute Gasteiger partial charge is 0.296 e. The molecule has 1 heterocycles. The second-order valence-electron chi connectivity index (χ2n) is 6.19. The summed E-state index contributed by atoms with van der Waals surface area (Å²) in [6.45, 7) is 6.36. The number of carbonyl (C=O) groups excluding carboxylic acids is 1. The molecule has 0 aliphatic carbocycles. The fourth-order valence-corrected chi connectivity index (χ4v) is 3.76. The zero-order valence-electron chi connectivity index (χ0n) is 15.6. The highest BCUT2D eigenvalue weighted by atomic mass is 79.9. The molecule has 3 rings (SSSR count). The molecule has 8 heteroatoms. The zero-order chi connectivity index (χ0) is 20.3. The van der Waals surface area contributed by atoms with Crippen LogP contribution in [0.5, 0.6) is 5.88 Å². The molecule has 1 amide bonds. The van der Waals surface area contributed by atoms with Crippen LogP contribution in [0.4, 0.5) is 5.69 Å². The van der Waals surface area contributed by atoms with Crippen LogP contribution in [0, 0.1) is 0 Å². The van der Waals surface area contributed by atoms with E-state index in [2.05, 4.69) is 60.8 Å². The maximum Gasteiger partial charge on any atom is 0.296 e. The summed E-state index contributed by atoms with van der Waals surface area (Å²) in [5.41, 5.74) is 1.53.